The predicted octanol–water partition coefficient (Wildman–Crippen LogP) is 1.49. The lowest BCUT2D eigenvalue weighted by atomic mass is 9.87. The fourth-order valence-electron chi connectivity index (χ4n) is 2.65. The summed E-state index contributed by atoms with van der Waals surface area (Å²) < 4.78 is 6.27. The fourth-order valence-corrected chi connectivity index (χ4v) is 4.44. The lowest BCUT2D eigenvalue weighted by Gasteiger charge is -2.33. The van der Waals surface area contributed by atoms with Crippen LogP contribution < -0.4 is 5.32 Å². The third-order valence-corrected chi connectivity index (χ3v) is 5.36. The van der Waals surface area contributed by atoms with Crippen molar-refractivity contribution in [2.75, 3.05) is 13.7 Å². The van der Waals surface area contributed by atoms with Crippen LogP contribution in [0.25, 0.3) is 0 Å². The van der Waals surface area contributed by atoms with Gasteiger partial charge in [0.2, 0.25) is 0 Å². The minimum atomic E-state index is -1.14. The molecule has 1 aromatic heterocycles. The molecule has 2 aliphatic rings. The monoisotopic (exact) mass is 474 g/mol. The summed E-state index contributed by atoms with van der Waals surface area (Å²) >= 11 is 6.70. The molecule has 1 aliphatic carbocycles. The van der Waals surface area contributed by atoms with Crippen molar-refractivity contribution < 1.29 is 19.5 Å². The van der Waals surface area contributed by atoms with Gasteiger partial charge in [0.05, 0.1) is 22.4 Å². The topological polar surface area (TPSA) is 109 Å². The van der Waals surface area contributed by atoms with E-state index in [9.17, 15) is 9.90 Å². The molecule has 0 fully saturated rings. The Balaban J connectivity index is 1.62. The van der Waals surface area contributed by atoms with Gasteiger partial charge in [-0.1, -0.05) is 5.16 Å². The van der Waals surface area contributed by atoms with E-state index >= 15 is 0 Å². The van der Waals surface area contributed by atoms with Crippen molar-refractivity contribution in [1.82, 2.24) is 15.3 Å². The molecule has 0 saturated heterocycles. The molecular weight excluding hydrogens is 460 g/mol. The first-order valence-electron chi connectivity index (χ1n) is 7.48. The van der Waals surface area contributed by atoms with E-state index in [2.05, 4.69) is 52.3 Å². The van der Waals surface area contributed by atoms with Crippen molar-refractivity contribution in [3.8, 4) is 0 Å². The minimum Gasteiger partial charge on any atom is -0.495 e. The normalized spacial score (nSPS) is 25.5. The van der Waals surface area contributed by atoms with E-state index in [4.69, 9.17) is 9.57 Å². The Morgan fingerprint density at radius 3 is 3.08 bits per heavy atom. The number of aliphatic hydroxyl groups is 1. The number of methoxy groups -OCH3 is 1. The molecule has 134 valence electrons. The standard InChI is InChI=1S/C15H16Br2N4O4/c1-24-12-9(16)4-15(13(22)11(12)17)5-10(21-25-15)14(23)19-3-2-8-6-18-7-20-8/h4,6-7,13,22H,2-3,5H2,1H3,(H,18,20)(H,19,23)/t13-,15+/m0/s1. The van der Waals surface area contributed by atoms with Crippen LogP contribution >= 0.6 is 31.9 Å². The molecule has 0 unspecified atom stereocenters. The third kappa shape index (κ3) is 3.51. The summed E-state index contributed by atoms with van der Waals surface area (Å²) in [5.74, 6) is 0.143. The van der Waals surface area contributed by atoms with Gasteiger partial charge in [-0.2, -0.15) is 0 Å². The number of carbonyl (C=O) groups is 1. The van der Waals surface area contributed by atoms with E-state index in [-0.39, 0.29) is 18.0 Å². The minimum absolute atomic E-state index is 0.144. The molecule has 1 aromatic rings. The number of carbonyl (C=O) groups excluding carboxylic acids is 1. The summed E-state index contributed by atoms with van der Waals surface area (Å²) in [6.45, 7) is 0.437. The first-order valence-corrected chi connectivity index (χ1v) is 9.06. The van der Waals surface area contributed by atoms with Gasteiger partial charge in [0.1, 0.15) is 17.6 Å². The zero-order valence-corrected chi connectivity index (χ0v) is 16.4. The molecule has 0 bridgehead atoms. The van der Waals surface area contributed by atoms with Gasteiger partial charge in [-0.25, -0.2) is 4.98 Å². The smallest absolute Gasteiger partial charge is 0.269 e. The predicted molar refractivity (Wildman–Crippen MR) is 97.1 cm³/mol. The highest BCUT2D eigenvalue weighted by Gasteiger charge is 2.50. The Hall–Kier alpha value is -1.65. The molecule has 2 heterocycles. The first kappa shape index (κ1) is 18.2. The molecule has 0 radical (unpaired) electrons. The maximum atomic E-state index is 12.3. The van der Waals surface area contributed by atoms with Crippen LogP contribution in [0.4, 0.5) is 0 Å². The highest BCUT2D eigenvalue weighted by Crippen LogP contribution is 2.43. The SMILES string of the molecule is COC1=C(Br)[C@H](O)[C@@]2(C=C1Br)CC(C(=O)NCCc1cnc[nH]1)=NO2. The zero-order valence-electron chi connectivity index (χ0n) is 13.3. The van der Waals surface area contributed by atoms with Crippen LogP contribution in [0.15, 0.2) is 38.5 Å². The number of imidazole rings is 1. The second-order valence-electron chi connectivity index (χ2n) is 5.62. The first-order chi connectivity index (χ1) is 12.0. The number of H-pyrrole nitrogens is 1. The van der Waals surface area contributed by atoms with Crippen LogP contribution in [0, 0.1) is 0 Å². The second-order valence-corrected chi connectivity index (χ2v) is 7.33. The van der Waals surface area contributed by atoms with Crippen molar-refractivity contribution in [3.63, 3.8) is 0 Å². The number of hydrogen-bond acceptors (Lipinski definition) is 6. The average molecular weight is 476 g/mol. The summed E-state index contributed by atoms with van der Waals surface area (Å²) in [7, 11) is 1.50. The summed E-state index contributed by atoms with van der Waals surface area (Å²) in [6, 6.07) is 0. The number of ether oxygens (including phenoxy) is 1. The average Bonchev–Trinajstić information content (AvgIpc) is 3.24. The van der Waals surface area contributed by atoms with Crippen LogP contribution in [-0.4, -0.2) is 52.1 Å². The Bertz CT molecular complexity index is 760. The Morgan fingerprint density at radius 1 is 1.60 bits per heavy atom. The van der Waals surface area contributed by atoms with Gasteiger partial charge in [0, 0.05) is 31.3 Å². The van der Waals surface area contributed by atoms with E-state index in [0.29, 0.717) is 27.7 Å². The molecule has 3 rings (SSSR count). The molecule has 0 aromatic carbocycles. The van der Waals surface area contributed by atoms with Crippen LogP contribution in [0.5, 0.6) is 0 Å². The number of nitrogens with one attached hydrogen (secondary N) is 2. The maximum Gasteiger partial charge on any atom is 0.269 e. The van der Waals surface area contributed by atoms with Crippen molar-refractivity contribution in [3.05, 3.63) is 39.0 Å². The quantitative estimate of drug-likeness (QED) is 0.597. The lowest BCUT2D eigenvalue weighted by molar-refractivity contribution is -0.114. The van der Waals surface area contributed by atoms with Crippen molar-refractivity contribution in [2.24, 2.45) is 5.16 Å². The number of nitrogens with zero attached hydrogens (tertiary/aromatic N) is 2. The molecule has 1 spiro atoms. The number of aromatic amines is 1. The molecule has 8 nitrogen and oxygen atoms in total. The van der Waals surface area contributed by atoms with Gasteiger partial charge < -0.3 is 25.0 Å². The lowest BCUT2D eigenvalue weighted by Crippen LogP contribution is -2.45. The second kappa shape index (κ2) is 7.30. The highest BCUT2D eigenvalue weighted by atomic mass is 79.9. The Kier molecular flexibility index (Phi) is 5.30. The van der Waals surface area contributed by atoms with Crippen LogP contribution in [-0.2, 0) is 20.8 Å². The molecule has 3 N–H and O–H groups in total. The number of amides is 1. The van der Waals surface area contributed by atoms with Crippen molar-refractivity contribution >= 4 is 43.5 Å². The van der Waals surface area contributed by atoms with Gasteiger partial charge in [0.25, 0.3) is 5.91 Å². The maximum absolute atomic E-state index is 12.3. The van der Waals surface area contributed by atoms with Gasteiger partial charge >= 0.3 is 0 Å². The highest BCUT2D eigenvalue weighted by molar-refractivity contribution is 9.12. The van der Waals surface area contributed by atoms with Crippen LogP contribution in [0.1, 0.15) is 12.1 Å². The number of halogens is 2. The molecule has 25 heavy (non-hydrogen) atoms. The Labute approximate surface area is 160 Å². The van der Waals surface area contributed by atoms with E-state index < -0.39 is 11.7 Å². The number of rotatable bonds is 5. The molecule has 2 atom stereocenters. The van der Waals surface area contributed by atoms with E-state index in [1.807, 2.05) is 0 Å². The van der Waals surface area contributed by atoms with Crippen LogP contribution in [0.3, 0.4) is 0 Å². The summed E-state index contributed by atoms with van der Waals surface area (Å²) in [6.07, 6.45) is 4.69. The Morgan fingerprint density at radius 2 is 2.40 bits per heavy atom. The van der Waals surface area contributed by atoms with E-state index in [0.717, 1.165) is 5.69 Å². The van der Waals surface area contributed by atoms with E-state index in [1.165, 1.54) is 7.11 Å². The fraction of sp³-hybridized carbons (Fsp3) is 0.400. The van der Waals surface area contributed by atoms with E-state index in [1.54, 1.807) is 18.6 Å². The molecular formula is C15H16Br2N4O4. The molecule has 1 amide bonds. The van der Waals surface area contributed by atoms with Gasteiger partial charge in [0.15, 0.2) is 5.60 Å². The van der Waals surface area contributed by atoms with Gasteiger partial charge in [-0.3, -0.25) is 4.79 Å². The summed E-state index contributed by atoms with van der Waals surface area (Å²) in [5, 5.41) is 17.2. The largest absolute Gasteiger partial charge is 0.495 e. The number of aliphatic hydroxyl groups excluding tert-OH is 1. The van der Waals surface area contributed by atoms with Crippen LogP contribution in [0.2, 0.25) is 0 Å². The number of allylic oxidation sites excluding steroid dienone is 1. The van der Waals surface area contributed by atoms with Crippen molar-refractivity contribution in [2.45, 2.75) is 24.5 Å². The van der Waals surface area contributed by atoms with Gasteiger partial charge in [-0.05, 0) is 37.9 Å². The molecule has 10 heteroatoms. The third-order valence-electron chi connectivity index (χ3n) is 3.98. The number of hydrogen-bond donors (Lipinski definition) is 3. The van der Waals surface area contributed by atoms with Gasteiger partial charge in [-0.15, -0.1) is 0 Å². The molecule has 0 saturated carbocycles. The molecule has 1 aliphatic heterocycles. The zero-order chi connectivity index (χ0) is 18.0. The number of oxime groups is 1. The summed E-state index contributed by atoms with van der Waals surface area (Å²) in [5.41, 5.74) is 0.00827. The number of aromatic nitrogens is 2. The summed E-state index contributed by atoms with van der Waals surface area (Å²) in [4.78, 5) is 24.6. The van der Waals surface area contributed by atoms with Crippen molar-refractivity contribution in [1.29, 1.82) is 0 Å².